The minimum absolute atomic E-state index is 0.278. The Balaban J connectivity index is 1.61. The second kappa shape index (κ2) is 7.21. The molecule has 0 spiro atoms. The first-order chi connectivity index (χ1) is 13.0. The minimum Gasteiger partial charge on any atom is -0.497 e. The molecule has 1 aliphatic carbocycles. The second-order valence-corrected chi connectivity index (χ2v) is 7.99. The molecular weight excluding hydrogens is 380 g/mol. The Morgan fingerprint density at radius 1 is 1.15 bits per heavy atom. The molecule has 27 heavy (non-hydrogen) atoms. The number of nitrogens with one attached hydrogen (secondary N) is 1. The highest BCUT2D eigenvalue weighted by Crippen LogP contribution is 2.53. The third kappa shape index (κ3) is 3.13. The van der Waals surface area contributed by atoms with E-state index in [9.17, 15) is 0 Å². The molecule has 1 heterocycles. The lowest BCUT2D eigenvalue weighted by molar-refractivity contribution is 0.181. The van der Waals surface area contributed by atoms with Gasteiger partial charge in [0.25, 0.3) is 0 Å². The zero-order chi connectivity index (χ0) is 19.1. The number of halogens is 1. The number of hydrogen-bond donors (Lipinski definition) is 1. The van der Waals surface area contributed by atoms with Crippen molar-refractivity contribution in [1.29, 1.82) is 0 Å². The molecule has 2 aromatic rings. The molecule has 0 amide bonds. The minimum atomic E-state index is 0.278. The third-order valence-corrected chi connectivity index (χ3v) is 6.40. The highest BCUT2D eigenvalue weighted by molar-refractivity contribution is 7.80. The van der Waals surface area contributed by atoms with E-state index in [1.165, 1.54) is 11.1 Å². The number of methoxy groups -OCH3 is 2. The average molecular weight is 403 g/mol. The molecule has 1 fully saturated rings. The van der Waals surface area contributed by atoms with Gasteiger partial charge in [-0.1, -0.05) is 24.6 Å². The van der Waals surface area contributed by atoms with Gasteiger partial charge in [-0.25, -0.2) is 0 Å². The van der Waals surface area contributed by atoms with Gasteiger partial charge in [-0.3, -0.25) is 0 Å². The summed E-state index contributed by atoms with van der Waals surface area (Å²) in [6.45, 7) is 3.24. The first kappa shape index (κ1) is 18.4. The van der Waals surface area contributed by atoms with Crippen LogP contribution in [-0.2, 0) is 0 Å². The van der Waals surface area contributed by atoms with Crippen LogP contribution in [-0.4, -0.2) is 30.8 Å². The number of likely N-dealkylation sites (tertiary alicyclic amines) is 1. The molecule has 2 bridgehead atoms. The molecule has 6 heteroatoms. The molecule has 4 nitrogen and oxygen atoms in total. The lowest BCUT2D eigenvalue weighted by atomic mass is 9.86. The predicted octanol–water partition coefficient (Wildman–Crippen LogP) is 5.23. The van der Waals surface area contributed by atoms with Crippen molar-refractivity contribution in [2.75, 3.05) is 26.1 Å². The number of benzene rings is 2. The summed E-state index contributed by atoms with van der Waals surface area (Å²) in [5.74, 6) is 2.51. The highest BCUT2D eigenvalue weighted by atomic mass is 35.5. The molecule has 1 N–H and O–H groups in total. The van der Waals surface area contributed by atoms with Crippen LogP contribution < -0.4 is 14.8 Å². The van der Waals surface area contributed by atoms with Crippen molar-refractivity contribution in [3.05, 3.63) is 52.5 Å². The van der Waals surface area contributed by atoms with Crippen LogP contribution in [0.5, 0.6) is 11.5 Å². The number of hydrogen-bond acceptors (Lipinski definition) is 3. The summed E-state index contributed by atoms with van der Waals surface area (Å²) in [7, 11) is 3.29. The lowest BCUT2D eigenvalue weighted by Gasteiger charge is -2.40. The Kier molecular flexibility index (Phi) is 4.91. The van der Waals surface area contributed by atoms with Crippen LogP contribution in [0, 0.1) is 5.92 Å². The Labute approximate surface area is 170 Å². The maximum absolute atomic E-state index is 6.25. The van der Waals surface area contributed by atoms with Gasteiger partial charge in [0.1, 0.15) is 11.5 Å². The van der Waals surface area contributed by atoms with Gasteiger partial charge in [-0.05, 0) is 65.9 Å². The van der Waals surface area contributed by atoms with Crippen molar-refractivity contribution in [2.24, 2.45) is 5.92 Å². The van der Waals surface area contributed by atoms with Crippen LogP contribution in [0.1, 0.15) is 36.4 Å². The van der Waals surface area contributed by atoms with E-state index in [-0.39, 0.29) is 6.04 Å². The fourth-order valence-corrected chi connectivity index (χ4v) is 5.02. The van der Waals surface area contributed by atoms with Gasteiger partial charge in [-0.2, -0.15) is 0 Å². The first-order valence-electron chi connectivity index (χ1n) is 9.12. The standard InChI is InChI=1S/C21H23ClN2O2S/c1-12-15-8-9-24(20(12)16-6-4-13(22)10-17(15)16)21(27)23-18-7-5-14(25-2)11-19(18)26-3/h4-7,10-12,15,20H,8-9H2,1-3H3,(H,23,27)/t12-,15?,20?/m0/s1. The molecule has 1 aliphatic heterocycles. The molecule has 2 aromatic carbocycles. The number of anilines is 1. The summed E-state index contributed by atoms with van der Waals surface area (Å²) in [5, 5.41) is 4.91. The van der Waals surface area contributed by atoms with Gasteiger partial charge >= 0.3 is 0 Å². The van der Waals surface area contributed by atoms with Crippen molar-refractivity contribution in [3.63, 3.8) is 0 Å². The smallest absolute Gasteiger partial charge is 0.174 e. The Hall–Kier alpha value is -1.98. The predicted molar refractivity (Wildman–Crippen MR) is 113 cm³/mol. The Morgan fingerprint density at radius 2 is 1.96 bits per heavy atom. The number of thiocarbonyl (C=S) groups is 1. The highest BCUT2D eigenvalue weighted by Gasteiger charge is 2.45. The largest absolute Gasteiger partial charge is 0.497 e. The zero-order valence-corrected chi connectivity index (χ0v) is 17.2. The monoisotopic (exact) mass is 402 g/mol. The fraction of sp³-hybridized carbons (Fsp3) is 0.381. The molecule has 3 atom stereocenters. The van der Waals surface area contributed by atoms with Crippen LogP contribution in [0.4, 0.5) is 5.69 Å². The molecule has 4 rings (SSSR count). The van der Waals surface area contributed by atoms with Crippen LogP contribution in [0.25, 0.3) is 0 Å². The van der Waals surface area contributed by atoms with Gasteiger partial charge in [-0.15, -0.1) is 0 Å². The van der Waals surface area contributed by atoms with Gasteiger partial charge in [0.15, 0.2) is 5.11 Å². The number of ether oxygens (including phenoxy) is 2. The molecule has 0 saturated carbocycles. The second-order valence-electron chi connectivity index (χ2n) is 7.16. The first-order valence-corrected chi connectivity index (χ1v) is 9.91. The Bertz CT molecular complexity index is 888. The van der Waals surface area contributed by atoms with Crippen LogP contribution in [0.3, 0.4) is 0 Å². The normalized spacial score (nSPS) is 23.0. The molecular formula is C21H23ClN2O2S. The summed E-state index contributed by atoms with van der Waals surface area (Å²) in [5.41, 5.74) is 3.57. The van der Waals surface area contributed by atoms with Gasteiger partial charge in [0.05, 0.1) is 25.9 Å². The summed E-state index contributed by atoms with van der Waals surface area (Å²) in [4.78, 5) is 2.31. The van der Waals surface area contributed by atoms with Gasteiger partial charge in [0, 0.05) is 17.6 Å². The lowest BCUT2D eigenvalue weighted by Crippen LogP contribution is -2.43. The van der Waals surface area contributed by atoms with Crippen molar-refractivity contribution < 1.29 is 9.47 Å². The van der Waals surface area contributed by atoms with Crippen molar-refractivity contribution in [2.45, 2.75) is 25.3 Å². The average Bonchev–Trinajstić information content (AvgIpc) is 2.83. The summed E-state index contributed by atoms with van der Waals surface area (Å²) >= 11 is 12.0. The molecule has 0 radical (unpaired) electrons. The van der Waals surface area contributed by atoms with Gasteiger partial charge < -0.3 is 19.7 Å². The van der Waals surface area contributed by atoms with E-state index in [4.69, 9.17) is 33.3 Å². The van der Waals surface area contributed by atoms with Gasteiger partial charge in [0.2, 0.25) is 0 Å². The summed E-state index contributed by atoms with van der Waals surface area (Å²) < 4.78 is 10.8. The zero-order valence-electron chi connectivity index (χ0n) is 15.7. The van der Waals surface area contributed by atoms with Crippen molar-refractivity contribution in [1.82, 2.24) is 4.90 Å². The van der Waals surface area contributed by atoms with Crippen LogP contribution >= 0.6 is 23.8 Å². The van der Waals surface area contributed by atoms with E-state index in [2.05, 4.69) is 29.3 Å². The number of nitrogens with zero attached hydrogens (tertiary/aromatic N) is 1. The topological polar surface area (TPSA) is 33.7 Å². The SMILES string of the molecule is COc1ccc(NC(=S)N2CCC3c4cc(Cl)ccc4C2[C@H]3C)c(OC)c1. The van der Waals surface area contributed by atoms with Crippen LogP contribution in [0.2, 0.25) is 5.02 Å². The molecule has 0 aromatic heterocycles. The molecule has 142 valence electrons. The van der Waals surface area contributed by atoms with E-state index >= 15 is 0 Å². The summed E-state index contributed by atoms with van der Waals surface area (Å²) in [6, 6.07) is 12.2. The van der Waals surface area contributed by atoms with Crippen molar-refractivity contribution >= 4 is 34.6 Å². The van der Waals surface area contributed by atoms with Crippen LogP contribution in [0.15, 0.2) is 36.4 Å². The Morgan fingerprint density at radius 3 is 2.70 bits per heavy atom. The van der Waals surface area contributed by atoms with E-state index < -0.39 is 0 Å². The molecule has 2 aliphatic rings. The molecule has 2 unspecified atom stereocenters. The number of fused-ring (bicyclic) bond motifs is 5. The van der Waals surface area contributed by atoms with E-state index in [1.807, 2.05) is 24.3 Å². The number of rotatable bonds is 3. The quantitative estimate of drug-likeness (QED) is 0.710. The fourth-order valence-electron chi connectivity index (χ4n) is 4.53. The van der Waals surface area contributed by atoms with E-state index in [1.54, 1.807) is 14.2 Å². The maximum atomic E-state index is 6.25. The number of piperidine rings is 1. The molecule has 1 saturated heterocycles. The maximum Gasteiger partial charge on any atom is 0.174 e. The van der Waals surface area contributed by atoms with E-state index in [0.717, 1.165) is 34.5 Å². The van der Waals surface area contributed by atoms with Crippen molar-refractivity contribution in [3.8, 4) is 11.5 Å². The van der Waals surface area contributed by atoms with E-state index in [0.29, 0.717) is 17.6 Å². The summed E-state index contributed by atoms with van der Waals surface area (Å²) in [6.07, 6.45) is 1.08. The third-order valence-electron chi connectivity index (χ3n) is 5.83.